The maximum Gasteiger partial charge on any atom is 0.137 e. The summed E-state index contributed by atoms with van der Waals surface area (Å²) in [6, 6.07) is 12.8. The SMILES string of the molecule is Fc1ccc(CSc2cccc(Cl)c2)cc1Br. The minimum absolute atomic E-state index is 0.235. The summed E-state index contributed by atoms with van der Waals surface area (Å²) >= 11 is 10.8. The molecule has 4 heteroatoms. The summed E-state index contributed by atoms with van der Waals surface area (Å²) < 4.78 is 13.5. The van der Waals surface area contributed by atoms with Crippen LogP contribution in [0.3, 0.4) is 0 Å². The number of hydrogen-bond acceptors (Lipinski definition) is 1. The molecular weight excluding hydrogens is 323 g/mol. The third kappa shape index (κ3) is 3.73. The number of hydrogen-bond donors (Lipinski definition) is 0. The van der Waals surface area contributed by atoms with E-state index in [1.807, 2.05) is 24.3 Å². The Labute approximate surface area is 117 Å². The molecule has 0 heterocycles. The Bertz CT molecular complexity index is 531. The van der Waals surface area contributed by atoms with Crippen molar-refractivity contribution >= 4 is 39.3 Å². The summed E-state index contributed by atoms with van der Waals surface area (Å²) in [5.74, 6) is 0.556. The molecule has 2 aromatic carbocycles. The van der Waals surface area contributed by atoms with Crippen LogP contribution in [0.2, 0.25) is 5.02 Å². The number of benzene rings is 2. The van der Waals surface area contributed by atoms with Gasteiger partial charge >= 0.3 is 0 Å². The predicted molar refractivity (Wildman–Crippen MR) is 75.1 cm³/mol. The molecule has 0 unspecified atom stereocenters. The van der Waals surface area contributed by atoms with Gasteiger partial charge in [0, 0.05) is 15.7 Å². The van der Waals surface area contributed by atoms with Crippen molar-refractivity contribution in [3.8, 4) is 0 Å². The number of halogens is 3. The van der Waals surface area contributed by atoms with Crippen molar-refractivity contribution in [1.29, 1.82) is 0 Å². The lowest BCUT2D eigenvalue weighted by atomic mass is 10.2. The molecule has 0 spiro atoms. The van der Waals surface area contributed by atoms with E-state index in [2.05, 4.69) is 15.9 Å². The van der Waals surface area contributed by atoms with Gasteiger partial charge in [-0.2, -0.15) is 0 Å². The zero-order valence-corrected chi connectivity index (χ0v) is 11.9. The molecular formula is C13H9BrClFS. The Balaban J connectivity index is 2.05. The largest absolute Gasteiger partial charge is 0.206 e. The van der Waals surface area contributed by atoms with E-state index in [9.17, 15) is 4.39 Å². The normalized spacial score (nSPS) is 10.5. The van der Waals surface area contributed by atoms with E-state index in [-0.39, 0.29) is 5.82 Å². The maximum absolute atomic E-state index is 13.0. The van der Waals surface area contributed by atoms with Crippen LogP contribution in [-0.4, -0.2) is 0 Å². The molecule has 0 atom stereocenters. The van der Waals surface area contributed by atoms with Gasteiger partial charge in [0.25, 0.3) is 0 Å². The molecule has 0 nitrogen and oxygen atoms in total. The highest BCUT2D eigenvalue weighted by molar-refractivity contribution is 9.10. The predicted octanol–water partition coefficient (Wildman–Crippen LogP) is 5.53. The first kappa shape index (κ1) is 12.9. The lowest BCUT2D eigenvalue weighted by molar-refractivity contribution is 0.620. The van der Waals surface area contributed by atoms with Gasteiger partial charge in [-0.05, 0) is 51.8 Å². The molecule has 2 aromatic rings. The van der Waals surface area contributed by atoms with E-state index >= 15 is 0 Å². The number of rotatable bonds is 3. The van der Waals surface area contributed by atoms with Crippen LogP contribution in [-0.2, 0) is 5.75 Å². The topological polar surface area (TPSA) is 0 Å². The summed E-state index contributed by atoms with van der Waals surface area (Å²) in [6.45, 7) is 0. The molecule has 2 rings (SSSR count). The van der Waals surface area contributed by atoms with E-state index in [4.69, 9.17) is 11.6 Å². The zero-order chi connectivity index (χ0) is 12.3. The Hall–Kier alpha value is -0.510. The third-order valence-corrected chi connectivity index (χ3v) is 4.09. The molecule has 0 bridgehead atoms. The van der Waals surface area contributed by atoms with Crippen LogP contribution in [0.5, 0.6) is 0 Å². The molecule has 0 aliphatic heterocycles. The van der Waals surface area contributed by atoms with Crippen molar-refractivity contribution in [1.82, 2.24) is 0 Å². The first-order chi connectivity index (χ1) is 8.15. The number of thioether (sulfide) groups is 1. The molecule has 0 aliphatic carbocycles. The fourth-order valence-electron chi connectivity index (χ4n) is 1.35. The molecule has 0 aromatic heterocycles. The second-order valence-corrected chi connectivity index (χ2v) is 5.83. The van der Waals surface area contributed by atoms with Crippen LogP contribution in [0.4, 0.5) is 4.39 Å². The van der Waals surface area contributed by atoms with Gasteiger partial charge in [0.05, 0.1) is 4.47 Å². The summed E-state index contributed by atoms with van der Waals surface area (Å²) in [5.41, 5.74) is 1.07. The van der Waals surface area contributed by atoms with Crippen LogP contribution in [0, 0.1) is 5.82 Å². The average molecular weight is 332 g/mol. The Morgan fingerprint density at radius 1 is 1.18 bits per heavy atom. The monoisotopic (exact) mass is 330 g/mol. The third-order valence-electron chi connectivity index (χ3n) is 2.19. The van der Waals surface area contributed by atoms with Crippen LogP contribution in [0.1, 0.15) is 5.56 Å². The second kappa shape index (κ2) is 5.89. The minimum Gasteiger partial charge on any atom is -0.206 e. The molecule has 0 amide bonds. The molecule has 0 fully saturated rings. The second-order valence-electron chi connectivity index (χ2n) is 3.49. The van der Waals surface area contributed by atoms with Crippen molar-refractivity contribution in [2.45, 2.75) is 10.6 Å². The molecule has 0 N–H and O–H groups in total. The Morgan fingerprint density at radius 3 is 2.71 bits per heavy atom. The summed E-state index contributed by atoms with van der Waals surface area (Å²) in [4.78, 5) is 1.11. The highest BCUT2D eigenvalue weighted by Gasteiger charge is 2.01. The van der Waals surface area contributed by atoms with Gasteiger partial charge in [-0.15, -0.1) is 11.8 Å². The van der Waals surface area contributed by atoms with Gasteiger partial charge in [0.2, 0.25) is 0 Å². The van der Waals surface area contributed by atoms with E-state index in [1.165, 1.54) is 6.07 Å². The first-order valence-corrected chi connectivity index (χ1v) is 7.13. The van der Waals surface area contributed by atoms with Gasteiger partial charge in [-0.3, -0.25) is 0 Å². The lowest BCUT2D eigenvalue weighted by Crippen LogP contribution is -1.84. The molecule has 0 radical (unpaired) electrons. The van der Waals surface area contributed by atoms with Crippen molar-refractivity contribution < 1.29 is 4.39 Å². The van der Waals surface area contributed by atoms with Gasteiger partial charge in [0.15, 0.2) is 0 Å². The smallest absolute Gasteiger partial charge is 0.137 e. The summed E-state index contributed by atoms with van der Waals surface area (Å²) in [7, 11) is 0. The van der Waals surface area contributed by atoms with Crippen LogP contribution >= 0.6 is 39.3 Å². The van der Waals surface area contributed by atoms with Crippen molar-refractivity contribution in [3.63, 3.8) is 0 Å². The van der Waals surface area contributed by atoms with E-state index in [1.54, 1.807) is 23.9 Å². The Morgan fingerprint density at radius 2 is 2.00 bits per heavy atom. The molecule has 17 heavy (non-hydrogen) atoms. The maximum atomic E-state index is 13.0. The van der Waals surface area contributed by atoms with Gasteiger partial charge in [0.1, 0.15) is 5.82 Å². The van der Waals surface area contributed by atoms with Crippen LogP contribution < -0.4 is 0 Å². The molecule has 0 saturated heterocycles. The van der Waals surface area contributed by atoms with E-state index in [0.29, 0.717) is 4.47 Å². The van der Waals surface area contributed by atoms with Crippen molar-refractivity contribution in [3.05, 3.63) is 63.3 Å². The molecule has 88 valence electrons. The van der Waals surface area contributed by atoms with E-state index in [0.717, 1.165) is 21.2 Å². The van der Waals surface area contributed by atoms with Gasteiger partial charge < -0.3 is 0 Å². The zero-order valence-electron chi connectivity index (χ0n) is 8.79. The lowest BCUT2D eigenvalue weighted by Gasteiger charge is -2.03. The summed E-state index contributed by atoms with van der Waals surface area (Å²) in [6.07, 6.45) is 0. The van der Waals surface area contributed by atoms with Crippen molar-refractivity contribution in [2.24, 2.45) is 0 Å². The highest BCUT2D eigenvalue weighted by atomic mass is 79.9. The van der Waals surface area contributed by atoms with Gasteiger partial charge in [-0.25, -0.2) is 4.39 Å². The Kier molecular flexibility index (Phi) is 4.48. The first-order valence-electron chi connectivity index (χ1n) is 4.97. The van der Waals surface area contributed by atoms with Crippen LogP contribution in [0.15, 0.2) is 51.8 Å². The fraction of sp³-hybridized carbons (Fsp3) is 0.0769. The van der Waals surface area contributed by atoms with E-state index < -0.39 is 0 Å². The standard InChI is InChI=1S/C13H9BrClFS/c14-12-6-9(4-5-13(12)16)8-17-11-3-1-2-10(15)7-11/h1-7H,8H2. The van der Waals surface area contributed by atoms with Gasteiger partial charge in [-0.1, -0.05) is 23.7 Å². The molecule has 0 saturated carbocycles. The minimum atomic E-state index is -0.235. The molecule has 0 aliphatic rings. The van der Waals surface area contributed by atoms with Crippen LogP contribution in [0.25, 0.3) is 0 Å². The fourth-order valence-corrected chi connectivity index (χ4v) is 2.93. The summed E-state index contributed by atoms with van der Waals surface area (Å²) in [5, 5.41) is 0.732. The van der Waals surface area contributed by atoms with Crippen molar-refractivity contribution in [2.75, 3.05) is 0 Å². The average Bonchev–Trinajstić information content (AvgIpc) is 2.31. The highest BCUT2D eigenvalue weighted by Crippen LogP contribution is 2.26. The quantitative estimate of drug-likeness (QED) is 0.666.